The molecular formula is C26H24IN2O3-. The summed E-state index contributed by atoms with van der Waals surface area (Å²) in [6, 6.07) is 25.2. The summed E-state index contributed by atoms with van der Waals surface area (Å²) >= 11 is -0.743. The minimum absolute atomic E-state index is 0.0530. The number of anilines is 1. The molecule has 0 unspecified atom stereocenters. The zero-order chi connectivity index (χ0) is 22.5. The van der Waals surface area contributed by atoms with Crippen LogP contribution in [-0.4, -0.2) is 20.7 Å². The molecule has 0 heterocycles. The molecule has 0 aliphatic heterocycles. The van der Waals surface area contributed by atoms with Crippen LogP contribution in [0.4, 0.5) is 10.5 Å². The fourth-order valence-corrected chi connectivity index (χ4v) is 5.90. The van der Waals surface area contributed by atoms with E-state index in [2.05, 4.69) is 5.32 Å². The SMILES string of the molecule is N=C(c1ccc(-c2ccc(NC(=O)[I-]c3ccccc3)cc2)cc1)[C@@H]1CCC[C@H]1C(=O)O. The second kappa shape index (κ2) is 10.1. The summed E-state index contributed by atoms with van der Waals surface area (Å²) in [7, 11) is 0. The number of hydrogen-bond acceptors (Lipinski definition) is 3. The van der Waals surface area contributed by atoms with E-state index in [9.17, 15) is 14.7 Å². The smallest absolute Gasteiger partial charge is 0.481 e. The van der Waals surface area contributed by atoms with Gasteiger partial charge in [0.25, 0.3) is 0 Å². The predicted molar refractivity (Wildman–Crippen MR) is 121 cm³/mol. The number of hydrogen-bond donors (Lipinski definition) is 3. The Bertz CT molecular complexity index is 1110. The van der Waals surface area contributed by atoms with Gasteiger partial charge in [-0.3, -0.25) is 4.79 Å². The molecule has 1 aliphatic rings. The molecule has 0 bridgehead atoms. The fraction of sp³-hybridized carbons (Fsp3) is 0.192. The Labute approximate surface area is 197 Å². The number of amides is 1. The van der Waals surface area contributed by atoms with Crippen molar-refractivity contribution in [2.24, 2.45) is 11.8 Å². The molecule has 3 N–H and O–H groups in total. The van der Waals surface area contributed by atoms with Gasteiger partial charge in [-0.1, -0.05) is 6.42 Å². The molecule has 6 heteroatoms. The van der Waals surface area contributed by atoms with E-state index < -0.39 is 33.1 Å². The molecule has 4 rings (SSSR count). The molecule has 0 aromatic heterocycles. The van der Waals surface area contributed by atoms with E-state index in [-0.39, 0.29) is 9.83 Å². The summed E-state index contributed by atoms with van der Waals surface area (Å²) in [6.07, 6.45) is 2.27. The topological polar surface area (TPSA) is 90.3 Å². The van der Waals surface area contributed by atoms with Crippen molar-refractivity contribution >= 4 is 21.3 Å². The van der Waals surface area contributed by atoms with Crippen molar-refractivity contribution in [3.63, 3.8) is 0 Å². The fourth-order valence-electron chi connectivity index (χ4n) is 4.12. The zero-order valence-corrected chi connectivity index (χ0v) is 19.6. The van der Waals surface area contributed by atoms with Crippen LogP contribution in [-0.2, 0) is 4.79 Å². The van der Waals surface area contributed by atoms with Crippen LogP contribution < -0.4 is 26.5 Å². The number of carboxylic acids is 1. The Morgan fingerprint density at radius 3 is 2.06 bits per heavy atom. The average molecular weight is 539 g/mol. The molecule has 0 saturated heterocycles. The van der Waals surface area contributed by atoms with Crippen LogP contribution in [0.25, 0.3) is 11.1 Å². The second-order valence-electron chi connectivity index (χ2n) is 7.84. The zero-order valence-electron chi connectivity index (χ0n) is 17.4. The number of halogens is 1. The third-order valence-electron chi connectivity index (χ3n) is 5.79. The van der Waals surface area contributed by atoms with E-state index in [1.807, 2.05) is 78.9 Å². The Morgan fingerprint density at radius 2 is 1.44 bits per heavy atom. The van der Waals surface area contributed by atoms with Gasteiger partial charge in [-0.05, 0) is 12.8 Å². The Hall–Kier alpha value is -3.00. The van der Waals surface area contributed by atoms with Crippen LogP contribution in [0.3, 0.4) is 0 Å². The van der Waals surface area contributed by atoms with Gasteiger partial charge in [0.1, 0.15) is 0 Å². The third kappa shape index (κ3) is 5.24. The number of aliphatic carboxylic acids is 1. The number of rotatable bonds is 7. The van der Waals surface area contributed by atoms with Gasteiger partial charge in [-0.15, -0.1) is 0 Å². The van der Waals surface area contributed by atoms with Crippen molar-refractivity contribution in [2.45, 2.75) is 19.3 Å². The molecule has 1 aliphatic carbocycles. The van der Waals surface area contributed by atoms with Gasteiger partial charge in [-0.25, -0.2) is 0 Å². The monoisotopic (exact) mass is 539 g/mol. The van der Waals surface area contributed by atoms with Crippen LogP contribution in [0.15, 0.2) is 78.9 Å². The van der Waals surface area contributed by atoms with Gasteiger partial charge in [0, 0.05) is 0 Å². The number of nitrogens with one attached hydrogen (secondary N) is 2. The van der Waals surface area contributed by atoms with Gasteiger partial charge in [0.05, 0.1) is 5.92 Å². The number of carbonyl (C=O) groups is 2. The van der Waals surface area contributed by atoms with E-state index in [1.165, 1.54) is 0 Å². The van der Waals surface area contributed by atoms with Gasteiger partial charge in [0.15, 0.2) is 0 Å². The molecule has 0 radical (unpaired) electrons. The maximum atomic E-state index is 12.3. The van der Waals surface area contributed by atoms with E-state index in [4.69, 9.17) is 5.41 Å². The summed E-state index contributed by atoms with van der Waals surface area (Å²) in [6.45, 7) is 0. The van der Waals surface area contributed by atoms with Gasteiger partial charge >= 0.3 is 163 Å². The first kappa shape index (κ1) is 22.2. The first-order chi connectivity index (χ1) is 15.5. The van der Waals surface area contributed by atoms with Crippen molar-refractivity contribution in [1.82, 2.24) is 0 Å². The maximum absolute atomic E-state index is 12.3. The van der Waals surface area contributed by atoms with E-state index in [0.29, 0.717) is 12.1 Å². The number of carboxylic acid groups (broad SMARTS) is 1. The Balaban J connectivity index is 1.39. The van der Waals surface area contributed by atoms with E-state index in [1.54, 1.807) is 0 Å². The molecule has 32 heavy (non-hydrogen) atoms. The molecule has 1 fully saturated rings. The van der Waals surface area contributed by atoms with Crippen molar-refractivity contribution in [3.8, 4) is 11.1 Å². The van der Waals surface area contributed by atoms with Gasteiger partial charge in [0.2, 0.25) is 0 Å². The van der Waals surface area contributed by atoms with E-state index in [0.717, 1.165) is 38.8 Å². The van der Waals surface area contributed by atoms with Crippen molar-refractivity contribution in [1.29, 1.82) is 5.41 Å². The first-order valence-electron chi connectivity index (χ1n) is 10.5. The molecule has 5 nitrogen and oxygen atoms in total. The predicted octanol–water partition coefficient (Wildman–Crippen LogP) is 2.71. The minimum atomic E-state index is -0.799. The van der Waals surface area contributed by atoms with Gasteiger partial charge < -0.3 is 5.11 Å². The molecule has 1 amide bonds. The Kier molecular flexibility index (Phi) is 6.99. The minimum Gasteiger partial charge on any atom is -0.481 e. The molecule has 3 aromatic rings. The van der Waals surface area contributed by atoms with Crippen LogP contribution >= 0.6 is 0 Å². The summed E-state index contributed by atoms with van der Waals surface area (Å²) in [5.74, 6) is -1.46. The van der Waals surface area contributed by atoms with Crippen molar-refractivity contribution in [2.75, 3.05) is 5.32 Å². The van der Waals surface area contributed by atoms with Crippen LogP contribution in [0, 0.1) is 20.8 Å². The van der Waals surface area contributed by atoms with Crippen molar-refractivity contribution in [3.05, 3.63) is 88.0 Å². The summed E-state index contributed by atoms with van der Waals surface area (Å²) in [4.78, 5) is 23.7. The number of benzene rings is 3. The third-order valence-corrected chi connectivity index (χ3v) is 7.89. The normalized spacial score (nSPS) is 17.8. The van der Waals surface area contributed by atoms with Crippen molar-refractivity contribution < 1.29 is 35.9 Å². The molecule has 3 aromatic carbocycles. The molecule has 2 atom stereocenters. The summed E-state index contributed by atoms with van der Waals surface area (Å²) in [5.41, 5.74) is 4.00. The summed E-state index contributed by atoms with van der Waals surface area (Å²) in [5, 5.41) is 20.9. The molecule has 164 valence electrons. The molecular weight excluding hydrogens is 515 g/mol. The molecule has 1 saturated carbocycles. The Morgan fingerprint density at radius 1 is 0.844 bits per heavy atom. The van der Waals surface area contributed by atoms with Crippen LogP contribution in [0.2, 0.25) is 0 Å². The molecule has 0 spiro atoms. The average Bonchev–Trinajstić information content (AvgIpc) is 3.30. The van der Waals surface area contributed by atoms with Crippen LogP contribution in [0.1, 0.15) is 24.8 Å². The quantitative estimate of drug-likeness (QED) is 0.187. The summed E-state index contributed by atoms with van der Waals surface area (Å²) < 4.78 is 1.13. The van der Waals surface area contributed by atoms with Gasteiger partial charge in [-0.2, -0.15) is 0 Å². The van der Waals surface area contributed by atoms with E-state index >= 15 is 0 Å². The first-order valence-corrected chi connectivity index (χ1v) is 12.7. The second-order valence-corrected chi connectivity index (χ2v) is 10.6. The standard InChI is InChI=1S/C26H24IN2O3/c28-24(22-7-4-8-23(22)25(30)31)19-11-9-17(10-12-19)18-13-15-21(16-14-18)29-26(32)27-20-5-2-1-3-6-20/h1-3,5-6,9-16,22-23,28H,4,7-8H2,(H,29,32)(H,30,31)/q-1/t22-,23-/m1/s1. The number of carbonyl (C=O) groups excluding carboxylic acids is 1. The van der Waals surface area contributed by atoms with Crippen LogP contribution in [0.5, 0.6) is 0 Å².